The van der Waals surface area contributed by atoms with Gasteiger partial charge < -0.3 is 20.7 Å². The second-order valence-electron chi connectivity index (χ2n) is 7.96. The van der Waals surface area contributed by atoms with Gasteiger partial charge in [0.15, 0.2) is 0 Å². The zero-order valence-corrected chi connectivity index (χ0v) is 17.7. The summed E-state index contributed by atoms with van der Waals surface area (Å²) in [5.74, 6) is -0.603. The molecule has 0 heterocycles. The van der Waals surface area contributed by atoms with E-state index in [1.54, 1.807) is 51.1 Å². The molecule has 7 nitrogen and oxygen atoms in total. The fourth-order valence-corrected chi connectivity index (χ4v) is 2.93. The molecule has 0 aliphatic carbocycles. The van der Waals surface area contributed by atoms with Crippen molar-refractivity contribution >= 4 is 40.1 Å². The molecule has 3 aromatic carbocycles. The first-order valence-corrected chi connectivity index (χ1v) is 9.87. The number of carbonyl (C=O) groups excluding carboxylic acids is 3. The largest absolute Gasteiger partial charge is 0.444 e. The lowest BCUT2D eigenvalue weighted by molar-refractivity contribution is -0.115. The summed E-state index contributed by atoms with van der Waals surface area (Å²) >= 11 is 0. The maximum atomic E-state index is 12.7. The highest BCUT2D eigenvalue weighted by molar-refractivity contribution is 6.13. The predicted octanol–water partition coefficient (Wildman–Crippen LogP) is 4.56. The molecule has 0 spiro atoms. The molecule has 0 unspecified atom stereocenters. The van der Waals surface area contributed by atoms with Crippen LogP contribution in [0.5, 0.6) is 0 Å². The molecule has 0 saturated heterocycles. The van der Waals surface area contributed by atoms with Crippen LogP contribution in [0.25, 0.3) is 10.8 Å². The smallest absolute Gasteiger partial charge is 0.408 e. The molecular formula is C24H25N3O4. The van der Waals surface area contributed by atoms with E-state index in [4.69, 9.17) is 4.74 Å². The van der Waals surface area contributed by atoms with E-state index in [1.807, 2.05) is 36.4 Å². The molecule has 0 aliphatic rings. The van der Waals surface area contributed by atoms with Crippen LogP contribution in [-0.4, -0.2) is 30.1 Å². The summed E-state index contributed by atoms with van der Waals surface area (Å²) in [6.07, 6.45) is -0.658. The Hall–Kier alpha value is -3.87. The monoisotopic (exact) mass is 419 g/mol. The number of carbonyl (C=O) groups is 3. The average molecular weight is 419 g/mol. The average Bonchev–Trinajstić information content (AvgIpc) is 2.72. The number of rotatable bonds is 5. The lowest BCUT2D eigenvalue weighted by atomic mass is 10.0. The highest BCUT2D eigenvalue weighted by Gasteiger charge is 2.16. The fraction of sp³-hybridized carbons (Fsp3) is 0.208. The fourth-order valence-electron chi connectivity index (χ4n) is 2.93. The van der Waals surface area contributed by atoms with E-state index in [9.17, 15) is 14.4 Å². The van der Waals surface area contributed by atoms with Gasteiger partial charge in [0.05, 0.1) is 0 Å². The van der Waals surface area contributed by atoms with Gasteiger partial charge in [-0.15, -0.1) is 0 Å². The van der Waals surface area contributed by atoms with Gasteiger partial charge in [-0.3, -0.25) is 9.59 Å². The molecular weight excluding hydrogens is 394 g/mol. The Bertz CT molecular complexity index is 1100. The summed E-state index contributed by atoms with van der Waals surface area (Å²) in [6.45, 7) is 5.02. The van der Waals surface area contributed by atoms with Crippen LogP contribution in [0, 0.1) is 0 Å². The minimum atomic E-state index is -0.658. The molecule has 3 rings (SSSR count). The van der Waals surface area contributed by atoms with Crippen molar-refractivity contribution in [3.63, 3.8) is 0 Å². The van der Waals surface area contributed by atoms with Gasteiger partial charge >= 0.3 is 6.09 Å². The number of benzene rings is 3. The number of amides is 3. The van der Waals surface area contributed by atoms with Crippen LogP contribution in [0.4, 0.5) is 16.2 Å². The van der Waals surface area contributed by atoms with Crippen LogP contribution in [0.2, 0.25) is 0 Å². The number of hydrogen-bond acceptors (Lipinski definition) is 4. The van der Waals surface area contributed by atoms with E-state index in [1.165, 1.54) is 0 Å². The number of fused-ring (bicyclic) bond motifs is 1. The minimum absolute atomic E-state index is 0.213. The zero-order chi connectivity index (χ0) is 22.4. The first kappa shape index (κ1) is 21.8. The Morgan fingerprint density at radius 2 is 1.42 bits per heavy atom. The van der Waals surface area contributed by atoms with Crippen LogP contribution < -0.4 is 16.0 Å². The third-order valence-electron chi connectivity index (χ3n) is 4.25. The molecule has 7 heteroatoms. The van der Waals surface area contributed by atoms with E-state index < -0.39 is 17.6 Å². The van der Waals surface area contributed by atoms with Crippen molar-refractivity contribution in [1.29, 1.82) is 0 Å². The van der Waals surface area contributed by atoms with Crippen molar-refractivity contribution in [2.24, 2.45) is 0 Å². The maximum absolute atomic E-state index is 12.7. The van der Waals surface area contributed by atoms with Crippen LogP contribution in [0.15, 0.2) is 66.7 Å². The molecule has 0 bridgehead atoms. The predicted molar refractivity (Wildman–Crippen MR) is 121 cm³/mol. The number of alkyl carbamates (subject to hydrolysis) is 1. The standard InChI is InChI=1S/C24H25N3O4/c1-24(2,3)31-23(30)25-15-21(28)26-17-11-13-18(14-12-17)27-22(29)20-10-6-8-16-7-4-5-9-19(16)20/h4-14H,15H2,1-3H3,(H,25,30)(H,26,28)(H,27,29). The molecule has 0 fully saturated rings. The van der Waals surface area contributed by atoms with Crippen molar-refractivity contribution in [2.75, 3.05) is 17.2 Å². The SMILES string of the molecule is CC(C)(C)OC(=O)NCC(=O)Nc1ccc(NC(=O)c2cccc3ccccc23)cc1. The third-order valence-corrected chi connectivity index (χ3v) is 4.25. The minimum Gasteiger partial charge on any atom is -0.444 e. The third kappa shape index (κ3) is 6.30. The van der Waals surface area contributed by atoms with E-state index in [0.717, 1.165) is 10.8 Å². The van der Waals surface area contributed by atoms with Gasteiger partial charge in [0, 0.05) is 16.9 Å². The van der Waals surface area contributed by atoms with Crippen LogP contribution in [0.1, 0.15) is 31.1 Å². The lowest BCUT2D eigenvalue weighted by Gasteiger charge is -2.19. The molecule has 3 amide bonds. The Morgan fingerprint density at radius 1 is 0.806 bits per heavy atom. The second kappa shape index (κ2) is 9.30. The van der Waals surface area contributed by atoms with Gasteiger partial charge in [-0.25, -0.2) is 4.79 Å². The summed E-state index contributed by atoms with van der Waals surface area (Å²) in [6, 6.07) is 20.0. The molecule has 0 aliphatic heterocycles. The van der Waals surface area contributed by atoms with Gasteiger partial charge in [0.25, 0.3) is 5.91 Å². The first-order valence-electron chi connectivity index (χ1n) is 9.87. The second-order valence-corrected chi connectivity index (χ2v) is 7.96. The van der Waals surface area contributed by atoms with Crippen molar-refractivity contribution in [1.82, 2.24) is 5.32 Å². The summed E-state index contributed by atoms with van der Waals surface area (Å²) in [4.78, 5) is 36.3. The molecule has 160 valence electrons. The molecule has 31 heavy (non-hydrogen) atoms. The van der Waals surface area contributed by atoms with Gasteiger partial charge in [-0.2, -0.15) is 0 Å². The van der Waals surface area contributed by atoms with E-state index >= 15 is 0 Å². The van der Waals surface area contributed by atoms with Gasteiger partial charge in [-0.05, 0) is 61.9 Å². The molecule has 0 radical (unpaired) electrons. The molecule has 3 N–H and O–H groups in total. The summed E-state index contributed by atoms with van der Waals surface area (Å²) in [5.41, 5.74) is 1.10. The van der Waals surface area contributed by atoms with Crippen molar-refractivity contribution in [3.05, 3.63) is 72.3 Å². The Kier molecular flexibility index (Phi) is 6.55. The highest BCUT2D eigenvalue weighted by atomic mass is 16.6. The molecule has 0 aromatic heterocycles. The summed E-state index contributed by atoms with van der Waals surface area (Å²) in [7, 11) is 0. The van der Waals surface area contributed by atoms with Gasteiger partial charge in [0.2, 0.25) is 5.91 Å². The maximum Gasteiger partial charge on any atom is 0.408 e. The van der Waals surface area contributed by atoms with E-state index in [-0.39, 0.29) is 12.5 Å². The Balaban J connectivity index is 1.56. The quantitative estimate of drug-likeness (QED) is 0.565. The van der Waals surface area contributed by atoms with Crippen molar-refractivity contribution in [3.8, 4) is 0 Å². The topological polar surface area (TPSA) is 96.5 Å². The number of hydrogen-bond donors (Lipinski definition) is 3. The molecule has 0 atom stereocenters. The highest BCUT2D eigenvalue weighted by Crippen LogP contribution is 2.20. The van der Waals surface area contributed by atoms with Crippen LogP contribution in [-0.2, 0) is 9.53 Å². The first-order chi connectivity index (χ1) is 14.7. The van der Waals surface area contributed by atoms with E-state index in [2.05, 4.69) is 16.0 Å². The summed E-state index contributed by atoms with van der Waals surface area (Å²) in [5, 5.41) is 9.81. The number of nitrogens with one attached hydrogen (secondary N) is 3. The van der Waals surface area contributed by atoms with Gasteiger partial charge in [0.1, 0.15) is 12.1 Å². The lowest BCUT2D eigenvalue weighted by Crippen LogP contribution is -2.37. The van der Waals surface area contributed by atoms with E-state index in [0.29, 0.717) is 16.9 Å². The summed E-state index contributed by atoms with van der Waals surface area (Å²) < 4.78 is 5.08. The normalized spacial score (nSPS) is 10.9. The number of anilines is 2. The number of ether oxygens (including phenoxy) is 1. The Morgan fingerprint density at radius 3 is 2.10 bits per heavy atom. The van der Waals surface area contributed by atoms with Crippen LogP contribution >= 0.6 is 0 Å². The molecule has 0 saturated carbocycles. The van der Waals surface area contributed by atoms with Crippen molar-refractivity contribution < 1.29 is 19.1 Å². The van der Waals surface area contributed by atoms with Gasteiger partial charge in [-0.1, -0.05) is 36.4 Å². The Labute approximate surface area is 180 Å². The zero-order valence-electron chi connectivity index (χ0n) is 17.7. The van der Waals surface area contributed by atoms with Crippen molar-refractivity contribution in [2.45, 2.75) is 26.4 Å². The van der Waals surface area contributed by atoms with Crippen LogP contribution in [0.3, 0.4) is 0 Å². The molecule has 3 aromatic rings.